The van der Waals surface area contributed by atoms with E-state index in [-0.39, 0.29) is 35.2 Å². The molecule has 0 N–H and O–H groups in total. The van der Waals surface area contributed by atoms with Crippen molar-refractivity contribution in [2.24, 2.45) is 4.99 Å². The zero-order chi connectivity index (χ0) is 34.7. The minimum atomic E-state index is -0.783. The van der Waals surface area contributed by atoms with Crippen molar-refractivity contribution in [1.29, 1.82) is 0 Å². The molecule has 0 aliphatic carbocycles. The molecule has 0 unspecified atom stereocenters. The lowest BCUT2D eigenvalue weighted by atomic mass is 9.91. The van der Waals surface area contributed by atoms with E-state index in [1.54, 1.807) is 41.8 Å². The second-order valence-corrected chi connectivity index (χ2v) is 13.1. The summed E-state index contributed by atoms with van der Waals surface area (Å²) in [6, 6.07) is 26.0. The van der Waals surface area contributed by atoms with Gasteiger partial charge in [0.25, 0.3) is 5.56 Å². The first kappa shape index (κ1) is 33.9. The number of carbonyl (C=O) groups is 1. The number of hydrogen-bond donors (Lipinski definition) is 0. The zero-order valence-corrected chi connectivity index (χ0v) is 29.0. The maximum atomic E-state index is 14.3. The van der Waals surface area contributed by atoms with E-state index >= 15 is 0 Å². The highest BCUT2D eigenvalue weighted by molar-refractivity contribution is 7.07. The van der Waals surface area contributed by atoms with Crippen LogP contribution in [-0.2, 0) is 16.1 Å². The van der Waals surface area contributed by atoms with E-state index < -0.39 is 12.0 Å². The summed E-state index contributed by atoms with van der Waals surface area (Å²) in [5.41, 5.74) is 4.42. The molecule has 2 heterocycles. The Balaban J connectivity index is 1.49. The Morgan fingerprint density at radius 2 is 1.76 bits per heavy atom. The molecule has 1 aromatic heterocycles. The average molecular weight is 697 g/mol. The van der Waals surface area contributed by atoms with E-state index in [2.05, 4.69) is 13.8 Å². The molecule has 250 valence electrons. The zero-order valence-electron chi connectivity index (χ0n) is 27.4. The minimum absolute atomic E-state index is 0.152. The van der Waals surface area contributed by atoms with Crippen LogP contribution in [0.25, 0.3) is 11.8 Å². The number of esters is 1. The topological polar surface area (TPSA) is 79.1 Å². The first-order valence-corrected chi connectivity index (χ1v) is 17.0. The molecule has 6 rings (SSSR count). The van der Waals surface area contributed by atoms with E-state index in [1.165, 1.54) is 30.6 Å². The first-order chi connectivity index (χ1) is 23.7. The van der Waals surface area contributed by atoms with Crippen LogP contribution in [0.1, 0.15) is 60.5 Å². The smallest absolute Gasteiger partial charge is 0.338 e. The Labute approximate surface area is 292 Å². The highest BCUT2D eigenvalue weighted by atomic mass is 35.5. The lowest BCUT2D eigenvalue weighted by Gasteiger charge is -2.26. The molecule has 0 bridgehead atoms. The molecule has 1 aliphatic rings. The van der Waals surface area contributed by atoms with Crippen LogP contribution in [0.3, 0.4) is 0 Å². The second kappa shape index (κ2) is 14.6. The third-order valence-electron chi connectivity index (χ3n) is 8.14. The maximum absolute atomic E-state index is 14.3. The van der Waals surface area contributed by atoms with Gasteiger partial charge >= 0.3 is 5.97 Å². The molecule has 10 heteroatoms. The average Bonchev–Trinajstić information content (AvgIpc) is 3.41. The van der Waals surface area contributed by atoms with Crippen LogP contribution < -0.4 is 24.4 Å². The number of nitrogens with zero attached hydrogens (tertiary/aromatic N) is 2. The molecule has 49 heavy (non-hydrogen) atoms. The molecular formula is C39H34ClFN2O5S. The van der Waals surface area contributed by atoms with E-state index in [4.69, 9.17) is 30.8 Å². The monoisotopic (exact) mass is 696 g/mol. The molecular weight excluding hydrogens is 663 g/mol. The summed E-state index contributed by atoms with van der Waals surface area (Å²) < 4.78 is 32.4. The highest BCUT2D eigenvalue weighted by Gasteiger charge is 2.35. The molecule has 0 spiro atoms. The van der Waals surface area contributed by atoms with Crippen molar-refractivity contribution in [3.05, 3.63) is 155 Å². The predicted octanol–water partition coefficient (Wildman–Crippen LogP) is 7.44. The molecule has 0 saturated carbocycles. The number of thiazole rings is 1. The summed E-state index contributed by atoms with van der Waals surface area (Å²) in [4.78, 5) is 33.4. The second-order valence-electron chi connectivity index (χ2n) is 11.7. The summed E-state index contributed by atoms with van der Waals surface area (Å²) in [5.74, 6) is 0.124. The molecule has 5 aromatic rings. The molecule has 4 aromatic carbocycles. The van der Waals surface area contributed by atoms with Gasteiger partial charge in [-0.3, -0.25) is 9.36 Å². The number of halogens is 2. The lowest BCUT2D eigenvalue weighted by molar-refractivity contribution is -0.138. The normalized spacial score (nSPS) is 14.4. The van der Waals surface area contributed by atoms with Crippen molar-refractivity contribution < 1.29 is 23.4 Å². The maximum Gasteiger partial charge on any atom is 0.338 e. The van der Waals surface area contributed by atoms with Gasteiger partial charge in [-0.05, 0) is 65.4 Å². The van der Waals surface area contributed by atoms with Gasteiger partial charge in [0.05, 0.1) is 40.6 Å². The Kier molecular flexibility index (Phi) is 10.1. The van der Waals surface area contributed by atoms with Crippen molar-refractivity contribution in [1.82, 2.24) is 4.57 Å². The number of aromatic nitrogens is 1. The SMILES string of the molecule is CCOC(=O)C1=C(c2ccccc2)N=c2s/c(=C\c3cc(Cl)c(OCc4ccc(F)cc4)c(OC)c3)c(=O)n2[C@@H]1c1ccc(C(C)C)cc1. The van der Waals surface area contributed by atoms with Crippen molar-refractivity contribution in [2.75, 3.05) is 13.7 Å². The third-order valence-corrected chi connectivity index (χ3v) is 9.40. The number of methoxy groups -OCH3 is 1. The number of ether oxygens (including phenoxy) is 3. The fourth-order valence-electron chi connectivity index (χ4n) is 5.67. The van der Waals surface area contributed by atoms with Crippen molar-refractivity contribution in [3.63, 3.8) is 0 Å². The predicted molar refractivity (Wildman–Crippen MR) is 190 cm³/mol. The van der Waals surface area contributed by atoms with Gasteiger partial charge in [-0.2, -0.15) is 0 Å². The van der Waals surface area contributed by atoms with Gasteiger partial charge in [0.1, 0.15) is 12.4 Å². The summed E-state index contributed by atoms with van der Waals surface area (Å²) in [6.07, 6.45) is 1.72. The van der Waals surface area contributed by atoms with E-state index in [0.717, 1.165) is 22.3 Å². The van der Waals surface area contributed by atoms with Crippen LogP contribution in [0.5, 0.6) is 11.5 Å². The quantitative estimate of drug-likeness (QED) is 0.142. The molecule has 0 saturated heterocycles. The largest absolute Gasteiger partial charge is 0.493 e. The van der Waals surface area contributed by atoms with Gasteiger partial charge in [0.15, 0.2) is 16.3 Å². The van der Waals surface area contributed by atoms with E-state index in [9.17, 15) is 14.0 Å². The van der Waals surface area contributed by atoms with Crippen LogP contribution in [0, 0.1) is 5.82 Å². The van der Waals surface area contributed by atoms with Gasteiger partial charge in [-0.15, -0.1) is 0 Å². The Hall–Kier alpha value is -4.99. The third kappa shape index (κ3) is 7.09. The van der Waals surface area contributed by atoms with Crippen molar-refractivity contribution >= 4 is 40.7 Å². The van der Waals surface area contributed by atoms with Gasteiger partial charge in [-0.25, -0.2) is 14.2 Å². The van der Waals surface area contributed by atoms with Gasteiger partial charge in [0.2, 0.25) is 0 Å². The number of fused-ring (bicyclic) bond motifs is 1. The minimum Gasteiger partial charge on any atom is -0.493 e. The van der Waals surface area contributed by atoms with Crippen molar-refractivity contribution in [3.8, 4) is 11.5 Å². The van der Waals surface area contributed by atoms with Crippen LogP contribution in [0.2, 0.25) is 5.02 Å². The first-order valence-electron chi connectivity index (χ1n) is 15.8. The van der Waals surface area contributed by atoms with E-state index in [1.807, 2.05) is 54.6 Å². The Morgan fingerprint density at radius 3 is 2.41 bits per heavy atom. The van der Waals surface area contributed by atoms with Gasteiger partial charge in [0, 0.05) is 5.56 Å². The fourth-order valence-corrected chi connectivity index (χ4v) is 6.94. The van der Waals surface area contributed by atoms with Crippen molar-refractivity contribution in [2.45, 2.75) is 39.3 Å². The van der Waals surface area contributed by atoms with Crippen LogP contribution in [-0.4, -0.2) is 24.3 Å². The van der Waals surface area contributed by atoms with E-state index in [0.29, 0.717) is 38.0 Å². The number of benzene rings is 4. The highest BCUT2D eigenvalue weighted by Crippen LogP contribution is 2.38. The van der Waals surface area contributed by atoms with Crippen LogP contribution in [0.4, 0.5) is 4.39 Å². The molecule has 7 nitrogen and oxygen atoms in total. The summed E-state index contributed by atoms with van der Waals surface area (Å²) in [6.45, 7) is 6.29. The standard InChI is InChI=1S/C39H34ClFN2O5S/c1-5-47-38(45)33-34(27-9-7-6-8-10-27)42-39-43(35(33)28-15-13-26(14-16-28)23(2)3)37(44)32(49-39)21-25-19-30(40)36(31(20-25)46-4)48-22-24-11-17-29(41)18-12-24/h6-21,23,35H,5,22H2,1-4H3/b32-21-/t35-/m1/s1. The molecule has 1 atom stereocenters. The number of rotatable bonds is 10. The van der Waals surface area contributed by atoms with Gasteiger partial charge in [-0.1, -0.05) is 104 Å². The number of carbonyl (C=O) groups excluding carboxylic acids is 1. The molecule has 0 fully saturated rings. The van der Waals surface area contributed by atoms with Crippen LogP contribution in [0.15, 0.2) is 106 Å². The van der Waals surface area contributed by atoms with Crippen LogP contribution >= 0.6 is 22.9 Å². The molecule has 1 aliphatic heterocycles. The Morgan fingerprint density at radius 1 is 1.04 bits per heavy atom. The fraction of sp³-hybridized carbons (Fsp3) is 0.205. The number of hydrogen-bond acceptors (Lipinski definition) is 7. The Bertz CT molecular complexity index is 2210. The summed E-state index contributed by atoms with van der Waals surface area (Å²) in [7, 11) is 1.50. The van der Waals surface area contributed by atoms with Gasteiger partial charge < -0.3 is 14.2 Å². The molecule has 0 amide bonds. The summed E-state index contributed by atoms with van der Waals surface area (Å²) in [5, 5.41) is 0.277. The molecule has 0 radical (unpaired) electrons. The lowest BCUT2D eigenvalue weighted by Crippen LogP contribution is -2.40. The summed E-state index contributed by atoms with van der Waals surface area (Å²) >= 11 is 7.90.